The van der Waals surface area contributed by atoms with Crippen molar-refractivity contribution in [1.29, 1.82) is 0 Å². The Morgan fingerprint density at radius 2 is 1.93 bits per heavy atom. The highest BCUT2D eigenvalue weighted by Gasteiger charge is 2.76. The Morgan fingerprint density at radius 1 is 1.25 bits per heavy atom. The number of ketones is 2. The Hall–Kier alpha value is -0.820. The van der Waals surface area contributed by atoms with Gasteiger partial charge in [-0.3, -0.25) is 9.59 Å². The molecule has 3 fully saturated rings. The molecule has 0 heterocycles. The van der Waals surface area contributed by atoms with E-state index in [9.17, 15) is 24.9 Å². The number of Topliss-reactive ketones (excluding diaryl/α,β-unsaturated/α-hetero) is 1. The van der Waals surface area contributed by atoms with E-state index >= 15 is 4.39 Å². The minimum Gasteiger partial charge on any atom is -0.390 e. The molecule has 0 amide bonds. The molecule has 0 aliphatic heterocycles. The van der Waals surface area contributed by atoms with E-state index in [0.29, 0.717) is 19.3 Å². The first kappa shape index (κ1) is 20.5. The SMILES string of the molecule is C[C@]12CCC(=O)C=C1CCC1C3C[C@@H](O)[C@](O)(C(=O)CCl)[C@@]3(C)C[C@H](O)[C@@]12F. The molecule has 3 saturated carbocycles. The van der Waals surface area contributed by atoms with Crippen LogP contribution >= 0.6 is 11.6 Å². The van der Waals surface area contributed by atoms with Crippen LogP contribution in [0.5, 0.6) is 0 Å². The highest BCUT2D eigenvalue weighted by Crippen LogP contribution is 2.70. The van der Waals surface area contributed by atoms with Gasteiger partial charge in [0.25, 0.3) is 0 Å². The van der Waals surface area contributed by atoms with Gasteiger partial charge in [-0.2, -0.15) is 0 Å². The van der Waals surface area contributed by atoms with Gasteiger partial charge in [0.15, 0.2) is 17.2 Å². The van der Waals surface area contributed by atoms with Crippen molar-refractivity contribution in [3.05, 3.63) is 11.6 Å². The molecule has 28 heavy (non-hydrogen) atoms. The third-order valence-corrected chi connectivity index (χ3v) is 9.05. The number of alkyl halides is 2. The fourth-order valence-corrected chi connectivity index (χ4v) is 7.39. The summed E-state index contributed by atoms with van der Waals surface area (Å²) in [6.45, 7) is 3.45. The van der Waals surface area contributed by atoms with Crippen LogP contribution in [0, 0.1) is 22.7 Å². The Balaban J connectivity index is 1.83. The average molecular weight is 415 g/mol. The van der Waals surface area contributed by atoms with Crippen molar-refractivity contribution in [2.75, 3.05) is 5.88 Å². The molecular weight excluding hydrogens is 387 g/mol. The first-order valence-corrected chi connectivity index (χ1v) is 10.6. The minimum absolute atomic E-state index is 0.0111. The molecule has 0 aromatic carbocycles. The van der Waals surface area contributed by atoms with E-state index in [2.05, 4.69) is 0 Å². The maximum absolute atomic E-state index is 16.9. The molecular formula is C21H28ClFO5. The summed E-state index contributed by atoms with van der Waals surface area (Å²) in [5.41, 5.74) is -5.46. The molecule has 8 atom stereocenters. The number of hydrogen-bond donors (Lipinski definition) is 3. The Labute approximate surface area is 168 Å². The summed E-state index contributed by atoms with van der Waals surface area (Å²) in [5.74, 6) is -2.24. The van der Waals surface area contributed by atoms with Gasteiger partial charge in [0.2, 0.25) is 0 Å². The lowest BCUT2D eigenvalue weighted by Gasteiger charge is -2.63. The first-order valence-electron chi connectivity index (χ1n) is 10.1. The van der Waals surface area contributed by atoms with E-state index in [1.165, 1.54) is 0 Å². The van der Waals surface area contributed by atoms with Crippen LogP contribution in [0.3, 0.4) is 0 Å². The molecule has 7 heteroatoms. The number of hydrogen-bond acceptors (Lipinski definition) is 5. The van der Waals surface area contributed by atoms with Crippen molar-refractivity contribution in [2.24, 2.45) is 22.7 Å². The van der Waals surface area contributed by atoms with Gasteiger partial charge in [0, 0.05) is 23.2 Å². The number of aliphatic hydroxyl groups excluding tert-OH is 2. The van der Waals surface area contributed by atoms with Crippen LogP contribution in [-0.4, -0.2) is 56.2 Å². The molecule has 0 aromatic heterocycles. The molecule has 0 saturated heterocycles. The second-order valence-corrected chi connectivity index (χ2v) is 9.97. The molecule has 0 bridgehead atoms. The van der Waals surface area contributed by atoms with Crippen LogP contribution in [0.1, 0.15) is 52.4 Å². The van der Waals surface area contributed by atoms with Gasteiger partial charge in [0.1, 0.15) is 5.67 Å². The Morgan fingerprint density at radius 3 is 2.57 bits per heavy atom. The van der Waals surface area contributed by atoms with Crippen molar-refractivity contribution in [3.63, 3.8) is 0 Å². The van der Waals surface area contributed by atoms with E-state index in [1.54, 1.807) is 19.9 Å². The van der Waals surface area contributed by atoms with E-state index in [0.717, 1.165) is 5.57 Å². The largest absolute Gasteiger partial charge is 0.390 e. The van der Waals surface area contributed by atoms with Gasteiger partial charge in [-0.15, -0.1) is 11.6 Å². The molecule has 2 unspecified atom stereocenters. The fourth-order valence-electron chi connectivity index (χ4n) is 7.19. The van der Waals surface area contributed by atoms with Crippen molar-refractivity contribution in [3.8, 4) is 0 Å². The molecule has 0 radical (unpaired) electrons. The predicted molar refractivity (Wildman–Crippen MR) is 101 cm³/mol. The number of rotatable bonds is 2. The molecule has 0 aromatic rings. The lowest BCUT2D eigenvalue weighted by Crippen LogP contribution is -2.70. The number of aliphatic hydroxyl groups is 3. The molecule has 4 aliphatic rings. The number of fused-ring (bicyclic) bond motifs is 5. The van der Waals surface area contributed by atoms with Crippen molar-refractivity contribution in [2.45, 2.75) is 75.9 Å². The van der Waals surface area contributed by atoms with Gasteiger partial charge in [-0.1, -0.05) is 19.4 Å². The molecule has 4 rings (SSSR count). The summed E-state index contributed by atoms with van der Waals surface area (Å²) in [7, 11) is 0. The van der Waals surface area contributed by atoms with E-state index in [4.69, 9.17) is 11.6 Å². The Kier molecular flexibility index (Phi) is 4.45. The lowest BCUT2D eigenvalue weighted by atomic mass is 9.44. The lowest BCUT2D eigenvalue weighted by molar-refractivity contribution is -0.229. The topological polar surface area (TPSA) is 94.8 Å². The van der Waals surface area contributed by atoms with Gasteiger partial charge in [-0.25, -0.2) is 4.39 Å². The van der Waals surface area contributed by atoms with E-state index < -0.39 is 57.8 Å². The summed E-state index contributed by atoms with van der Waals surface area (Å²) in [4.78, 5) is 24.4. The van der Waals surface area contributed by atoms with Gasteiger partial charge in [-0.05, 0) is 44.1 Å². The molecule has 5 nitrogen and oxygen atoms in total. The fraction of sp³-hybridized carbons (Fsp3) is 0.810. The van der Waals surface area contributed by atoms with Gasteiger partial charge < -0.3 is 15.3 Å². The molecule has 0 spiro atoms. The van der Waals surface area contributed by atoms with Crippen molar-refractivity contribution >= 4 is 23.2 Å². The molecule has 3 N–H and O–H groups in total. The van der Waals surface area contributed by atoms with Crippen molar-refractivity contribution in [1.82, 2.24) is 0 Å². The third-order valence-electron chi connectivity index (χ3n) is 8.81. The van der Waals surface area contributed by atoms with Gasteiger partial charge in [0.05, 0.1) is 18.1 Å². The smallest absolute Gasteiger partial charge is 0.182 e. The van der Waals surface area contributed by atoms with Crippen LogP contribution in [0.25, 0.3) is 0 Å². The highest BCUT2D eigenvalue weighted by atomic mass is 35.5. The average Bonchev–Trinajstić information content (AvgIpc) is 2.84. The van der Waals surface area contributed by atoms with Crippen LogP contribution < -0.4 is 0 Å². The first-order chi connectivity index (χ1) is 13.0. The summed E-state index contributed by atoms with van der Waals surface area (Å²) in [6, 6.07) is 0. The normalized spacial score (nSPS) is 53.1. The summed E-state index contributed by atoms with van der Waals surface area (Å²) in [6.07, 6.45) is 0.240. The zero-order chi connectivity index (χ0) is 20.7. The Bertz CT molecular complexity index is 770. The van der Waals surface area contributed by atoms with E-state index in [1.807, 2.05) is 0 Å². The number of allylic oxidation sites excluding steroid dienone is 1. The van der Waals surface area contributed by atoms with Crippen LogP contribution in [-0.2, 0) is 9.59 Å². The summed E-state index contributed by atoms with van der Waals surface area (Å²) in [5, 5.41) is 33.0. The molecule has 4 aliphatic carbocycles. The standard InChI is InChI=1S/C21H28ClFO5/c1-18-6-5-12(24)7-11(18)3-4-13-14-8-15(25)21(28,17(27)10-22)19(14,2)9-16(26)20(13,18)23/h7,13-16,25-26,28H,3-6,8-10H2,1-2H3/t13?,14?,15-,16+,18+,19+,20+,21+/m1/s1. The predicted octanol–water partition coefficient (Wildman–Crippen LogP) is 2.09. The minimum atomic E-state index is -2.10. The zero-order valence-electron chi connectivity index (χ0n) is 16.3. The molecule has 156 valence electrons. The summed E-state index contributed by atoms with van der Waals surface area (Å²) < 4.78 is 16.9. The second kappa shape index (κ2) is 6.10. The zero-order valence-corrected chi connectivity index (χ0v) is 17.0. The quantitative estimate of drug-likeness (QED) is 0.601. The van der Waals surface area contributed by atoms with Crippen LogP contribution in [0.2, 0.25) is 0 Å². The maximum Gasteiger partial charge on any atom is 0.182 e. The number of carbonyl (C=O) groups excluding carboxylic acids is 2. The number of carbonyl (C=O) groups is 2. The third kappa shape index (κ3) is 2.13. The van der Waals surface area contributed by atoms with Crippen LogP contribution in [0.4, 0.5) is 4.39 Å². The van der Waals surface area contributed by atoms with E-state index in [-0.39, 0.29) is 25.0 Å². The second-order valence-electron chi connectivity index (χ2n) is 9.70. The van der Waals surface area contributed by atoms with Crippen LogP contribution in [0.15, 0.2) is 11.6 Å². The number of halogens is 2. The monoisotopic (exact) mass is 414 g/mol. The van der Waals surface area contributed by atoms with Gasteiger partial charge >= 0.3 is 0 Å². The maximum atomic E-state index is 16.9. The summed E-state index contributed by atoms with van der Waals surface area (Å²) >= 11 is 5.71. The van der Waals surface area contributed by atoms with Crippen molar-refractivity contribution < 1.29 is 29.3 Å². The highest BCUT2D eigenvalue weighted by molar-refractivity contribution is 6.29.